The van der Waals surface area contributed by atoms with Gasteiger partial charge in [0.15, 0.2) is 0 Å². The van der Waals surface area contributed by atoms with Gasteiger partial charge in [0.25, 0.3) is 0 Å². The number of hydrogen-bond donors (Lipinski definition) is 5. The maximum atomic E-state index is 12.5. The van der Waals surface area contributed by atoms with Gasteiger partial charge in [-0.3, -0.25) is 19.6 Å². The van der Waals surface area contributed by atoms with E-state index >= 15 is 0 Å². The van der Waals surface area contributed by atoms with E-state index < -0.39 is 17.9 Å². The fraction of sp³-hybridized carbons (Fsp3) is 0.571. The van der Waals surface area contributed by atoms with Gasteiger partial charge in [0.2, 0.25) is 17.7 Å². The van der Waals surface area contributed by atoms with Crippen molar-refractivity contribution in [2.24, 2.45) is 5.92 Å². The van der Waals surface area contributed by atoms with Crippen LogP contribution in [-0.2, 0) is 20.8 Å². The second-order valence-electron chi connectivity index (χ2n) is 7.61. The fourth-order valence-corrected chi connectivity index (χ4v) is 3.63. The van der Waals surface area contributed by atoms with Gasteiger partial charge in [-0.15, -0.1) is 0 Å². The van der Waals surface area contributed by atoms with Crippen molar-refractivity contribution in [2.45, 2.75) is 63.8 Å². The molecular weight excluding hydrogens is 374 g/mol. The van der Waals surface area contributed by atoms with E-state index in [0.717, 1.165) is 24.8 Å². The number of benzene rings is 1. The Morgan fingerprint density at radius 3 is 2.38 bits per heavy atom. The van der Waals surface area contributed by atoms with Gasteiger partial charge in [0.05, 0.1) is 6.42 Å². The molecule has 0 spiro atoms. The van der Waals surface area contributed by atoms with Crippen molar-refractivity contribution in [3.05, 3.63) is 29.8 Å². The van der Waals surface area contributed by atoms with Gasteiger partial charge >= 0.3 is 0 Å². The molecule has 1 fully saturated rings. The summed E-state index contributed by atoms with van der Waals surface area (Å²) in [7, 11) is 0. The molecule has 2 rings (SSSR count). The number of amides is 3. The lowest BCUT2D eigenvalue weighted by Crippen LogP contribution is -2.49. The van der Waals surface area contributed by atoms with Crippen LogP contribution < -0.4 is 16.1 Å². The molecule has 1 atom stereocenters. The summed E-state index contributed by atoms with van der Waals surface area (Å²) in [6, 6.07) is 5.60. The third-order valence-electron chi connectivity index (χ3n) is 5.32. The van der Waals surface area contributed by atoms with Gasteiger partial charge in [-0.25, -0.2) is 5.48 Å². The number of nitrogens with one attached hydrogen (secondary N) is 3. The lowest BCUT2D eigenvalue weighted by atomic mass is 9.86. The number of carbonyl (C=O) groups excluding carboxylic acids is 3. The van der Waals surface area contributed by atoms with Gasteiger partial charge in [-0.05, 0) is 36.5 Å². The Morgan fingerprint density at radius 1 is 1.03 bits per heavy atom. The lowest BCUT2D eigenvalue weighted by Gasteiger charge is -2.22. The molecule has 5 N–H and O–H groups in total. The van der Waals surface area contributed by atoms with Crippen molar-refractivity contribution in [2.75, 3.05) is 6.54 Å². The standard InChI is InChI=1S/C21H31N3O5/c25-17-9-6-16(7-10-17)12-13-22-21(28)18(14-20(27)24-29)23-19(26)11-8-15-4-2-1-3-5-15/h6-7,9-10,15,18,25,29H,1-5,8,11-14H2,(H,22,28)(H,23,26)(H,24,27)/t18-/m1/s1. The van der Waals surface area contributed by atoms with Gasteiger partial charge in [0, 0.05) is 13.0 Å². The molecule has 0 heterocycles. The average molecular weight is 405 g/mol. The summed E-state index contributed by atoms with van der Waals surface area (Å²) < 4.78 is 0. The first-order chi connectivity index (χ1) is 14.0. The summed E-state index contributed by atoms with van der Waals surface area (Å²) >= 11 is 0. The maximum absolute atomic E-state index is 12.5. The highest BCUT2D eigenvalue weighted by Crippen LogP contribution is 2.27. The minimum Gasteiger partial charge on any atom is -0.508 e. The zero-order valence-electron chi connectivity index (χ0n) is 16.7. The number of hydrogen-bond acceptors (Lipinski definition) is 5. The molecule has 8 heteroatoms. The molecule has 1 aliphatic rings. The molecular formula is C21H31N3O5. The molecule has 1 aliphatic carbocycles. The van der Waals surface area contributed by atoms with E-state index in [-0.39, 0.29) is 18.1 Å². The van der Waals surface area contributed by atoms with Gasteiger partial charge < -0.3 is 15.7 Å². The van der Waals surface area contributed by atoms with Crippen molar-refractivity contribution in [1.29, 1.82) is 0 Å². The smallest absolute Gasteiger partial charge is 0.245 e. The van der Waals surface area contributed by atoms with Crippen LogP contribution in [0, 0.1) is 5.92 Å². The van der Waals surface area contributed by atoms with Crippen LogP contribution in [0.2, 0.25) is 0 Å². The van der Waals surface area contributed by atoms with Crippen LogP contribution in [0.5, 0.6) is 5.75 Å². The van der Waals surface area contributed by atoms with Crippen LogP contribution in [0.25, 0.3) is 0 Å². The largest absolute Gasteiger partial charge is 0.508 e. The summed E-state index contributed by atoms with van der Waals surface area (Å²) in [5, 5.41) is 23.4. The third-order valence-corrected chi connectivity index (χ3v) is 5.32. The van der Waals surface area contributed by atoms with Crippen LogP contribution in [0.15, 0.2) is 24.3 Å². The van der Waals surface area contributed by atoms with Crippen molar-refractivity contribution >= 4 is 17.7 Å². The first kappa shape index (κ1) is 22.7. The number of aromatic hydroxyl groups is 1. The third kappa shape index (κ3) is 8.51. The van der Waals surface area contributed by atoms with Gasteiger partial charge in [0.1, 0.15) is 11.8 Å². The van der Waals surface area contributed by atoms with E-state index in [2.05, 4.69) is 10.6 Å². The molecule has 0 aliphatic heterocycles. The molecule has 29 heavy (non-hydrogen) atoms. The monoisotopic (exact) mass is 405 g/mol. The first-order valence-electron chi connectivity index (χ1n) is 10.3. The van der Waals surface area contributed by atoms with Gasteiger partial charge in [-0.1, -0.05) is 44.2 Å². The minimum absolute atomic E-state index is 0.170. The van der Waals surface area contributed by atoms with Crippen LogP contribution >= 0.6 is 0 Å². The zero-order valence-corrected chi connectivity index (χ0v) is 16.7. The maximum Gasteiger partial charge on any atom is 0.245 e. The second kappa shape index (κ2) is 12.1. The Labute approximate surface area is 171 Å². The normalized spacial score (nSPS) is 15.3. The van der Waals surface area contributed by atoms with E-state index in [9.17, 15) is 19.5 Å². The molecule has 160 valence electrons. The Hall–Kier alpha value is -2.61. The average Bonchev–Trinajstić information content (AvgIpc) is 2.73. The van der Waals surface area contributed by atoms with Crippen LogP contribution in [-0.4, -0.2) is 40.6 Å². The molecule has 1 aromatic rings. The molecule has 0 radical (unpaired) electrons. The predicted molar refractivity (Wildman–Crippen MR) is 107 cm³/mol. The van der Waals surface area contributed by atoms with Crippen molar-refractivity contribution in [3.63, 3.8) is 0 Å². The van der Waals surface area contributed by atoms with Crippen molar-refractivity contribution < 1.29 is 24.7 Å². The quantitative estimate of drug-likeness (QED) is 0.300. The zero-order chi connectivity index (χ0) is 21.1. The Bertz CT molecular complexity index is 671. The van der Waals surface area contributed by atoms with E-state index in [0.29, 0.717) is 25.3 Å². The topological polar surface area (TPSA) is 128 Å². The summed E-state index contributed by atoms with van der Waals surface area (Å²) in [5.74, 6) is -0.758. The Kier molecular flexibility index (Phi) is 9.43. The second-order valence-corrected chi connectivity index (χ2v) is 7.61. The predicted octanol–water partition coefficient (Wildman–Crippen LogP) is 1.79. The van der Waals surface area contributed by atoms with Crippen molar-refractivity contribution in [1.82, 2.24) is 16.1 Å². The molecule has 0 unspecified atom stereocenters. The van der Waals surface area contributed by atoms with E-state index in [1.807, 2.05) is 0 Å². The number of phenols is 1. The van der Waals surface area contributed by atoms with Crippen LogP contribution in [0.1, 0.15) is 56.9 Å². The Balaban J connectivity index is 1.81. The molecule has 8 nitrogen and oxygen atoms in total. The van der Waals surface area contributed by atoms with Crippen molar-refractivity contribution in [3.8, 4) is 5.75 Å². The van der Waals surface area contributed by atoms with E-state index in [4.69, 9.17) is 5.21 Å². The van der Waals surface area contributed by atoms with Gasteiger partial charge in [-0.2, -0.15) is 0 Å². The molecule has 0 aromatic heterocycles. The highest BCUT2D eigenvalue weighted by molar-refractivity contribution is 5.91. The fourth-order valence-electron chi connectivity index (χ4n) is 3.63. The van der Waals surface area contributed by atoms with E-state index in [1.54, 1.807) is 24.3 Å². The van der Waals surface area contributed by atoms with Crippen LogP contribution in [0.3, 0.4) is 0 Å². The van der Waals surface area contributed by atoms with E-state index in [1.165, 1.54) is 24.7 Å². The van der Waals surface area contributed by atoms with Crippen LogP contribution in [0.4, 0.5) is 0 Å². The summed E-state index contributed by atoms with van der Waals surface area (Å²) in [5.41, 5.74) is 2.44. The Morgan fingerprint density at radius 2 is 1.72 bits per heavy atom. The first-order valence-corrected chi connectivity index (χ1v) is 10.3. The number of rotatable bonds is 10. The number of hydroxylamine groups is 1. The minimum atomic E-state index is -1.04. The highest BCUT2D eigenvalue weighted by Gasteiger charge is 2.24. The number of carbonyl (C=O) groups is 3. The molecule has 1 saturated carbocycles. The molecule has 3 amide bonds. The SMILES string of the molecule is O=C(C[C@@H](NC(=O)CCC1CCCCC1)C(=O)NCCc1ccc(O)cc1)NO. The summed E-state index contributed by atoms with van der Waals surface area (Å²) in [6.45, 7) is 0.318. The number of phenolic OH excluding ortho intramolecular Hbond substituents is 1. The lowest BCUT2D eigenvalue weighted by molar-refractivity contribution is -0.135. The highest BCUT2D eigenvalue weighted by atomic mass is 16.5. The summed E-state index contributed by atoms with van der Waals surface area (Å²) in [4.78, 5) is 36.3. The summed E-state index contributed by atoms with van der Waals surface area (Å²) in [6.07, 6.45) is 7.26. The molecule has 1 aromatic carbocycles. The molecule has 0 bridgehead atoms. The molecule has 0 saturated heterocycles.